The Hall–Kier alpha value is -7.75. The average Bonchev–Trinajstić information content (AvgIpc) is 1.44. The molecule has 4 aromatic rings. The number of ether oxygens (including phenoxy) is 9. The molecule has 10 heterocycles. The van der Waals surface area contributed by atoms with Gasteiger partial charge >= 0.3 is 18.4 Å². The van der Waals surface area contributed by atoms with Crippen LogP contribution in [0.1, 0.15) is 96.6 Å². The summed E-state index contributed by atoms with van der Waals surface area (Å²) in [5.41, 5.74) is -4.22. The Balaban J connectivity index is 0.814. The Kier molecular flexibility index (Phi) is 24.4. The number of benzene rings is 4. The summed E-state index contributed by atoms with van der Waals surface area (Å²) in [5, 5.41) is 8.14. The van der Waals surface area contributed by atoms with Crippen LogP contribution in [0, 0.1) is 0 Å². The van der Waals surface area contributed by atoms with Crippen molar-refractivity contribution in [1.82, 2.24) is 35.6 Å². The fourth-order valence-corrected chi connectivity index (χ4v) is 26.2. The number of hydrogen-bond donors (Lipinski definition) is 3. The maximum absolute atomic E-state index is 16.7. The van der Waals surface area contributed by atoms with E-state index in [-0.39, 0.29) is 129 Å². The highest BCUT2D eigenvalue weighted by molar-refractivity contribution is 8.78. The van der Waals surface area contributed by atoms with Gasteiger partial charge in [0.1, 0.15) is 31.1 Å². The molecule has 8 fully saturated rings. The molecule has 2 spiro atoms. The minimum Gasteiger partial charge on any atom is -0.444 e. The van der Waals surface area contributed by atoms with Crippen LogP contribution in [0.25, 0.3) is 0 Å². The molecule has 14 rings (SSSR count). The monoisotopic (exact) mass is 1620 g/mol. The van der Waals surface area contributed by atoms with Crippen LogP contribution in [-0.2, 0) is 102 Å². The molecule has 4 aromatic carbocycles. The van der Waals surface area contributed by atoms with E-state index in [2.05, 4.69) is 16.0 Å². The fourth-order valence-electron chi connectivity index (χ4n) is 15.5. The summed E-state index contributed by atoms with van der Waals surface area (Å²) in [6, 6.07) is 27.8. The molecule has 0 aliphatic carbocycles. The number of nitrogens with zero attached hydrogens (tertiary/aromatic N) is 6. The van der Waals surface area contributed by atoms with Crippen molar-refractivity contribution in [1.29, 1.82) is 0 Å². The molecule has 0 unspecified atom stereocenters. The average molecular weight is 1620 g/mol. The fraction of sp³-hybridized carbons (Fsp3) is 0.542. The molecule has 10 aliphatic rings. The van der Waals surface area contributed by atoms with Gasteiger partial charge in [-0.15, -0.1) is 0 Å². The van der Waals surface area contributed by atoms with E-state index >= 15 is 36.0 Å². The van der Waals surface area contributed by atoms with Crippen LogP contribution < -0.4 is 24.6 Å². The molecule has 0 saturated carbocycles. The Labute approximate surface area is 648 Å². The molecule has 3 N–H and O–H groups in total. The van der Waals surface area contributed by atoms with Gasteiger partial charge in [-0.05, 0) is 122 Å². The minimum absolute atomic E-state index is 0.0380. The van der Waals surface area contributed by atoms with Crippen LogP contribution in [0.15, 0.2) is 119 Å². The molecule has 4 bridgehead atoms. The van der Waals surface area contributed by atoms with Crippen molar-refractivity contribution in [3.8, 4) is 0 Å². The molecule has 590 valence electrons. The molecule has 37 heteroatoms. The Morgan fingerprint density at radius 1 is 0.468 bits per heavy atom. The zero-order valence-corrected chi connectivity index (χ0v) is 66.0. The third kappa shape index (κ3) is 14.6. The third-order valence-corrected chi connectivity index (χ3v) is 31.1. The highest BCUT2D eigenvalue weighted by Gasteiger charge is 2.90. The lowest BCUT2D eigenvalue weighted by atomic mass is 9.54. The minimum atomic E-state index is -4.93. The van der Waals surface area contributed by atoms with E-state index in [1.54, 1.807) is 81.4 Å². The van der Waals surface area contributed by atoms with E-state index in [1.807, 2.05) is 6.92 Å². The highest BCUT2D eigenvalue weighted by Crippen LogP contribution is 2.81. The number of hydrogen-bond acceptors (Lipinski definition) is 26. The molecular formula is C72H89N9O22S6. The number of piperazine rings is 2. The summed E-state index contributed by atoms with van der Waals surface area (Å²) in [6.45, 7) is 8.78. The first-order valence-corrected chi connectivity index (χ1v) is 43.1. The molecular weight excluding hydrogens is 1540 g/mol. The SMILES string of the molecule is CCCOCCOCCNC(=O)CCCCOC(=O)OC[C@]12SS[C@@]3(C[C@]4([C@]56C[C@@]78SS[C@@](COC(=O)OCCCCC(=O)NCCOCCOCCNC(=O)OC(C)(C)C)(C(=O)N7[C@H]5N(S(=O)(=O)c5ccccc5)c5ccccc56)N(C)C8=O)c5ccccc5N(S(=O)(=O)c5ccccc5)[C@@H]4N3C1=O)C(=O)N2C. The number of sulfonamides is 2. The Morgan fingerprint density at radius 2 is 0.844 bits per heavy atom. The number of carbonyl (C=O) groups is 9. The van der Waals surface area contributed by atoms with Crippen LogP contribution >= 0.6 is 43.2 Å². The van der Waals surface area contributed by atoms with Crippen LogP contribution in [0.2, 0.25) is 0 Å². The number of fused-ring (bicyclic) bond motifs is 11. The summed E-state index contributed by atoms with van der Waals surface area (Å²) in [7, 11) is -3.39. The van der Waals surface area contributed by atoms with Gasteiger partial charge in [0.25, 0.3) is 43.7 Å². The van der Waals surface area contributed by atoms with E-state index in [4.69, 9.17) is 42.6 Å². The first kappa shape index (κ1) is 80.8. The number of alkyl carbamates (subject to hydrolysis) is 1. The summed E-state index contributed by atoms with van der Waals surface area (Å²) >= 11 is 0. The number of nitrogens with one attached hydrogen (secondary N) is 3. The van der Waals surface area contributed by atoms with Crippen LogP contribution in [0.3, 0.4) is 0 Å². The normalized spacial score (nSPS) is 25.5. The highest BCUT2D eigenvalue weighted by atomic mass is 33.1. The van der Waals surface area contributed by atoms with E-state index in [9.17, 15) is 24.0 Å². The van der Waals surface area contributed by atoms with E-state index in [1.165, 1.54) is 82.2 Å². The van der Waals surface area contributed by atoms with Crippen molar-refractivity contribution in [2.75, 3.05) is 122 Å². The van der Waals surface area contributed by atoms with Gasteiger partial charge in [-0.3, -0.25) is 38.6 Å². The van der Waals surface area contributed by atoms with Gasteiger partial charge in [0, 0.05) is 66.0 Å². The number of unbranched alkanes of at least 4 members (excludes halogenated alkanes) is 2. The third-order valence-electron chi connectivity index (χ3n) is 20.3. The molecule has 109 heavy (non-hydrogen) atoms. The zero-order chi connectivity index (χ0) is 77.8. The van der Waals surface area contributed by atoms with Crippen molar-refractivity contribution in [2.24, 2.45) is 0 Å². The summed E-state index contributed by atoms with van der Waals surface area (Å²) < 4.78 is 117. The topological polar surface area (TPSA) is 361 Å². The van der Waals surface area contributed by atoms with Crippen molar-refractivity contribution in [3.63, 3.8) is 0 Å². The standard InChI is InChI=1S/C72H89N9O22S6/c1-7-35-95-41-42-96-38-32-73-55(82)30-18-20-36-99-64(89)101-47-71-61(86)78-57-67(45-69(78,104-106-71)59(84)76(71)5,51-26-14-16-28-53(51)80(57)108(91,92)49-22-10-8-11-23-49)68-46-70-60(85)77(6)72(107-105-70,62(87)79(70)58(68)81(54-29-17-15-27-52(54)68)109(93,94)50-24-12-9-13-25-50)48-102-65(90)100-37-21-19-31-56(83)74-33-39-97-43-44-98-40-34-75-63(88)103-66(2,3)4/h8-17,22-29,57-58H,7,18-21,30-48H2,1-6H3,(H,73,82)(H,74,83)(H,75,88)/t57-,58-,67-,68-,69-,70-,71-,72-/m0/s1. The van der Waals surface area contributed by atoms with Crippen molar-refractivity contribution >= 4 is 128 Å². The number of carbonyl (C=O) groups excluding carboxylic acids is 9. The van der Waals surface area contributed by atoms with Crippen LogP contribution in [-0.4, -0.2) is 241 Å². The number of rotatable bonds is 36. The van der Waals surface area contributed by atoms with Crippen LogP contribution in [0.5, 0.6) is 0 Å². The van der Waals surface area contributed by atoms with Gasteiger partial charge in [0.05, 0.1) is 91.5 Å². The second-order valence-corrected chi connectivity index (χ2v) is 37.1. The smallest absolute Gasteiger partial charge is 0.444 e. The number of likely N-dealkylation sites (N-methyl/N-ethyl adjacent to an activating group) is 2. The molecule has 0 radical (unpaired) electrons. The maximum atomic E-state index is 16.7. The quantitative estimate of drug-likeness (QED) is 0.0182. The predicted octanol–water partition coefficient (Wildman–Crippen LogP) is 6.80. The Morgan fingerprint density at radius 3 is 1.24 bits per heavy atom. The maximum Gasteiger partial charge on any atom is 0.508 e. The van der Waals surface area contributed by atoms with Crippen LogP contribution in [0.4, 0.5) is 25.8 Å². The zero-order valence-electron chi connectivity index (χ0n) is 61.1. The largest absolute Gasteiger partial charge is 0.508 e. The molecule has 31 nitrogen and oxygen atoms in total. The predicted molar refractivity (Wildman–Crippen MR) is 402 cm³/mol. The van der Waals surface area contributed by atoms with Crippen molar-refractivity contribution in [2.45, 2.75) is 144 Å². The second-order valence-electron chi connectivity index (χ2n) is 28.1. The number of para-hydroxylation sites is 2. The molecule has 8 saturated heterocycles. The van der Waals surface area contributed by atoms with Gasteiger partial charge in [-0.25, -0.2) is 39.8 Å². The lowest BCUT2D eigenvalue weighted by Gasteiger charge is -2.58. The summed E-state index contributed by atoms with van der Waals surface area (Å²) in [4.78, 5) is 126. The lowest BCUT2D eigenvalue weighted by Crippen LogP contribution is -2.78. The van der Waals surface area contributed by atoms with Gasteiger partial charge in [0.15, 0.2) is 9.74 Å². The van der Waals surface area contributed by atoms with Gasteiger partial charge < -0.3 is 68.4 Å². The number of anilines is 2. The first-order valence-electron chi connectivity index (χ1n) is 35.9. The van der Waals surface area contributed by atoms with Gasteiger partial charge in [-0.2, -0.15) is 0 Å². The van der Waals surface area contributed by atoms with E-state index < -0.39 is 136 Å². The molecule has 8 atom stereocenters. The lowest BCUT2D eigenvalue weighted by molar-refractivity contribution is -0.167. The first-order chi connectivity index (χ1) is 52.2. The molecule has 10 aliphatic heterocycles. The van der Waals surface area contributed by atoms with Crippen molar-refractivity contribution in [3.05, 3.63) is 120 Å². The van der Waals surface area contributed by atoms with E-state index in [0.717, 1.165) is 58.2 Å². The second kappa shape index (κ2) is 32.9. The molecule has 7 amide bonds. The Bertz CT molecular complexity index is 4210. The summed E-state index contributed by atoms with van der Waals surface area (Å²) in [6.07, 6.45) is -5.41. The number of amides is 7. The van der Waals surface area contributed by atoms with Crippen molar-refractivity contribution < 1.29 is 103 Å². The van der Waals surface area contributed by atoms with Gasteiger partial charge in [-0.1, -0.05) is 101 Å². The van der Waals surface area contributed by atoms with E-state index in [0.29, 0.717) is 39.3 Å². The molecule has 0 aromatic heterocycles. The summed E-state index contributed by atoms with van der Waals surface area (Å²) in [5.74, 6) is -3.68. The van der Waals surface area contributed by atoms with Gasteiger partial charge in [0.2, 0.25) is 21.6 Å².